The van der Waals surface area contributed by atoms with Gasteiger partial charge in [0, 0.05) is 31.2 Å². The van der Waals surface area contributed by atoms with Crippen LogP contribution in [-0.2, 0) is 12.8 Å². The topological polar surface area (TPSA) is 53.1 Å². The molecule has 0 bridgehead atoms. The van der Waals surface area contributed by atoms with Gasteiger partial charge in [-0.3, -0.25) is 0 Å². The van der Waals surface area contributed by atoms with Crippen LogP contribution in [0.25, 0.3) is 0 Å². The van der Waals surface area contributed by atoms with Crippen LogP contribution < -0.4 is 15.5 Å². The third-order valence-electron chi connectivity index (χ3n) is 5.95. The minimum absolute atomic E-state index is 0.459. The number of hydrogen-bond acceptors (Lipinski definition) is 5. The molecule has 0 amide bonds. The number of rotatable bonds is 3. The summed E-state index contributed by atoms with van der Waals surface area (Å²) in [7, 11) is 0. The Morgan fingerprint density at radius 3 is 2.60 bits per heavy atom. The lowest BCUT2D eigenvalue weighted by atomic mass is 9.96. The van der Waals surface area contributed by atoms with E-state index < -0.39 is 0 Å². The molecule has 2 N–H and O–H groups in total. The molecule has 1 aromatic heterocycles. The first-order valence-corrected chi connectivity index (χ1v) is 10.5. The first kappa shape index (κ1) is 17.1. The minimum atomic E-state index is 0.459. The molecule has 1 aliphatic carbocycles. The highest BCUT2D eigenvalue weighted by Crippen LogP contribution is 2.30. The van der Waals surface area contributed by atoms with Crippen molar-refractivity contribution in [2.24, 2.45) is 0 Å². The molecule has 0 spiro atoms. The molecular formula is C20H33N5. The predicted octanol–water partition coefficient (Wildman–Crippen LogP) is 3.29. The summed E-state index contributed by atoms with van der Waals surface area (Å²) in [5.74, 6) is 2.12. The Balaban J connectivity index is 1.59. The first-order chi connectivity index (χ1) is 12.4. The van der Waals surface area contributed by atoms with E-state index >= 15 is 0 Å². The van der Waals surface area contributed by atoms with Crippen LogP contribution in [-0.4, -0.2) is 42.2 Å². The highest BCUT2D eigenvalue weighted by molar-refractivity contribution is 5.54. The van der Waals surface area contributed by atoms with Crippen molar-refractivity contribution in [1.29, 1.82) is 0 Å². The van der Waals surface area contributed by atoms with Gasteiger partial charge in [-0.05, 0) is 57.9 Å². The molecule has 4 rings (SSSR count). The van der Waals surface area contributed by atoms with Gasteiger partial charge in [-0.25, -0.2) is 4.98 Å². The summed E-state index contributed by atoms with van der Waals surface area (Å²) in [6.45, 7) is 4.49. The van der Waals surface area contributed by atoms with E-state index in [0.717, 1.165) is 45.0 Å². The molecule has 5 nitrogen and oxygen atoms in total. The second-order valence-electron chi connectivity index (χ2n) is 7.95. The van der Waals surface area contributed by atoms with Gasteiger partial charge in [-0.2, -0.15) is 4.98 Å². The van der Waals surface area contributed by atoms with Gasteiger partial charge >= 0.3 is 0 Å². The summed E-state index contributed by atoms with van der Waals surface area (Å²) in [6.07, 6.45) is 13.9. The van der Waals surface area contributed by atoms with E-state index in [2.05, 4.69) is 15.5 Å². The van der Waals surface area contributed by atoms with Crippen LogP contribution in [0.15, 0.2) is 0 Å². The highest BCUT2D eigenvalue weighted by Gasteiger charge is 2.23. The summed E-state index contributed by atoms with van der Waals surface area (Å²) >= 11 is 0. The van der Waals surface area contributed by atoms with Crippen molar-refractivity contribution in [2.45, 2.75) is 76.7 Å². The summed E-state index contributed by atoms with van der Waals surface area (Å²) in [5.41, 5.74) is 2.75. The number of anilines is 2. The maximum atomic E-state index is 5.05. The zero-order valence-electron chi connectivity index (χ0n) is 15.5. The van der Waals surface area contributed by atoms with E-state index in [0.29, 0.717) is 6.04 Å². The number of nitrogens with zero attached hydrogens (tertiary/aromatic N) is 3. The normalized spacial score (nSPS) is 25.0. The van der Waals surface area contributed by atoms with Gasteiger partial charge in [0.2, 0.25) is 5.95 Å². The molecule has 1 atom stereocenters. The number of aromatic nitrogens is 2. The zero-order valence-corrected chi connectivity index (χ0v) is 15.5. The third-order valence-corrected chi connectivity index (χ3v) is 5.95. The SMILES string of the molecule is C1CCCN(c2nc(N[C@H]3CCCCNC3)nc3c2CCCC3)CC1. The Morgan fingerprint density at radius 2 is 1.72 bits per heavy atom. The summed E-state index contributed by atoms with van der Waals surface area (Å²) < 4.78 is 0. The molecule has 138 valence electrons. The molecule has 1 aromatic rings. The molecule has 0 unspecified atom stereocenters. The molecule has 0 saturated carbocycles. The second kappa shape index (κ2) is 8.35. The molecular weight excluding hydrogens is 310 g/mol. The van der Waals surface area contributed by atoms with Gasteiger partial charge in [0.25, 0.3) is 0 Å². The van der Waals surface area contributed by atoms with Gasteiger partial charge < -0.3 is 15.5 Å². The fraction of sp³-hybridized carbons (Fsp3) is 0.800. The Morgan fingerprint density at radius 1 is 0.880 bits per heavy atom. The Kier molecular flexibility index (Phi) is 5.70. The summed E-state index contributed by atoms with van der Waals surface area (Å²) in [4.78, 5) is 12.5. The highest BCUT2D eigenvalue weighted by atomic mass is 15.2. The quantitative estimate of drug-likeness (QED) is 0.882. The van der Waals surface area contributed by atoms with Crippen molar-refractivity contribution >= 4 is 11.8 Å². The summed E-state index contributed by atoms with van der Waals surface area (Å²) in [5, 5.41) is 7.19. The van der Waals surface area contributed by atoms with Crippen molar-refractivity contribution in [3.05, 3.63) is 11.3 Å². The average Bonchev–Trinajstić information content (AvgIpc) is 3.06. The predicted molar refractivity (Wildman–Crippen MR) is 103 cm³/mol. The van der Waals surface area contributed by atoms with Crippen LogP contribution in [0.1, 0.15) is 69.0 Å². The van der Waals surface area contributed by atoms with Crippen LogP contribution in [0.3, 0.4) is 0 Å². The van der Waals surface area contributed by atoms with Gasteiger partial charge in [-0.1, -0.05) is 19.3 Å². The number of aryl methyl sites for hydroxylation is 1. The van der Waals surface area contributed by atoms with E-state index in [9.17, 15) is 0 Å². The van der Waals surface area contributed by atoms with Crippen molar-refractivity contribution in [3.63, 3.8) is 0 Å². The van der Waals surface area contributed by atoms with E-state index in [1.165, 1.54) is 74.9 Å². The second-order valence-corrected chi connectivity index (χ2v) is 7.95. The van der Waals surface area contributed by atoms with Crippen molar-refractivity contribution in [2.75, 3.05) is 36.4 Å². The lowest BCUT2D eigenvalue weighted by Gasteiger charge is -2.28. The molecule has 2 saturated heterocycles. The van der Waals surface area contributed by atoms with E-state index in [-0.39, 0.29) is 0 Å². The molecule has 3 aliphatic rings. The lowest BCUT2D eigenvalue weighted by Crippen LogP contribution is -2.33. The number of fused-ring (bicyclic) bond motifs is 1. The molecule has 25 heavy (non-hydrogen) atoms. The molecule has 5 heteroatoms. The molecule has 0 aromatic carbocycles. The largest absolute Gasteiger partial charge is 0.356 e. The van der Waals surface area contributed by atoms with Gasteiger partial charge in [0.15, 0.2) is 0 Å². The summed E-state index contributed by atoms with van der Waals surface area (Å²) in [6, 6.07) is 0.459. The fourth-order valence-electron chi connectivity index (χ4n) is 4.51. The van der Waals surface area contributed by atoms with E-state index in [4.69, 9.17) is 9.97 Å². The monoisotopic (exact) mass is 343 g/mol. The fourth-order valence-corrected chi connectivity index (χ4v) is 4.51. The van der Waals surface area contributed by atoms with Gasteiger partial charge in [0.05, 0.1) is 5.69 Å². The minimum Gasteiger partial charge on any atom is -0.356 e. The van der Waals surface area contributed by atoms with Crippen molar-refractivity contribution in [1.82, 2.24) is 15.3 Å². The lowest BCUT2D eigenvalue weighted by molar-refractivity contribution is 0.622. The first-order valence-electron chi connectivity index (χ1n) is 10.5. The van der Waals surface area contributed by atoms with Crippen molar-refractivity contribution < 1.29 is 0 Å². The maximum Gasteiger partial charge on any atom is 0.225 e. The van der Waals surface area contributed by atoms with E-state index in [1.54, 1.807) is 0 Å². The van der Waals surface area contributed by atoms with Crippen molar-refractivity contribution in [3.8, 4) is 0 Å². The Bertz CT molecular complexity index is 557. The third kappa shape index (κ3) is 4.25. The van der Waals surface area contributed by atoms with Crippen LogP contribution in [0.5, 0.6) is 0 Å². The van der Waals surface area contributed by atoms with Crippen LogP contribution in [0.4, 0.5) is 11.8 Å². The standard InChI is InChI=1S/C20H33N5/c1-2-8-14-25(13-7-1)19-17-10-3-4-11-18(17)23-20(24-19)22-16-9-5-6-12-21-15-16/h16,21H,1-15H2,(H,22,23,24)/t16-/m0/s1. The number of hydrogen-bond donors (Lipinski definition) is 2. The smallest absolute Gasteiger partial charge is 0.225 e. The van der Waals surface area contributed by atoms with Crippen LogP contribution >= 0.6 is 0 Å². The molecule has 2 fully saturated rings. The van der Waals surface area contributed by atoms with Gasteiger partial charge in [-0.15, -0.1) is 0 Å². The maximum absolute atomic E-state index is 5.05. The van der Waals surface area contributed by atoms with Gasteiger partial charge in [0.1, 0.15) is 5.82 Å². The Hall–Kier alpha value is -1.36. The Labute approximate surface area is 152 Å². The van der Waals surface area contributed by atoms with Crippen LogP contribution in [0, 0.1) is 0 Å². The average molecular weight is 344 g/mol. The van der Waals surface area contributed by atoms with E-state index in [1.807, 2.05) is 0 Å². The van der Waals surface area contributed by atoms with Crippen LogP contribution in [0.2, 0.25) is 0 Å². The number of nitrogens with one attached hydrogen (secondary N) is 2. The molecule has 3 heterocycles. The molecule has 2 aliphatic heterocycles. The molecule has 0 radical (unpaired) electrons. The zero-order chi connectivity index (χ0) is 16.9.